The predicted octanol–water partition coefficient (Wildman–Crippen LogP) is 5.15. The number of halogens is 4. The number of rotatable bonds is 2. The minimum absolute atomic E-state index is 0.0166. The first kappa shape index (κ1) is 14.0. The molecule has 0 aliphatic rings. The van der Waals surface area contributed by atoms with Gasteiger partial charge in [-0.05, 0) is 40.2 Å². The van der Waals surface area contributed by atoms with E-state index in [1.54, 1.807) is 0 Å². The first-order valence-electron chi connectivity index (χ1n) is 5.03. The quantitative estimate of drug-likeness (QED) is 0.712. The zero-order chi connectivity index (χ0) is 14.0. The fraction of sp³-hybridized carbons (Fsp3) is 0. The summed E-state index contributed by atoms with van der Waals surface area (Å²) < 4.78 is 32.8. The van der Waals surface area contributed by atoms with Crippen LogP contribution in [0.2, 0.25) is 0 Å². The summed E-state index contributed by atoms with van der Waals surface area (Å²) in [6.45, 7) is 0. The van der Waals surface area contributed by atoms with Gasteiger partial charge in [0.2, 0.25) is 0 Å². The van der Waals surface area contributed by atoms with E-state index in [9.17, 15) is 8.78 Å². The van der Waals surface area contributed by atoms with Gasteiger partial charge in [0.25, 0.3) is 0 Å². The predicted molar refractivity (Wildman–Crippen MR) is 73.0 cm³/mol. The van der Waals surface area contributed by atoms with Crippen LogP contribution < -0.4 is 4.74 Å². The highest BCUT2D eigenvalue weighted by Gasteiger charge is 2.13. The van der Waals surface area contributed by atoms with Gasteiger partial charge in [-0.2, -0.15) is 5.26 Å². The molecule has 2 aromatic rings. The molecular formula is C13H5Br2F2NO. The lowest BCUT2D eigenvalue weighted by Crippen LogP contribution is -1.92. The van der Waals surface area contributed by atoms with Crippen LogP contribution in [0.25, 0.3) is 0 Å². The molecule has 0 spiro atoms. The number of hydrogen-bond donors (Lipinski definition) is 0. The van der Waals surface area contributed by atoms with Crippen molar-refractivity contribution in [2.24, 2.45) is 0 Å². The molecule has 0 fully saturated rings. The van der Waals surface area contributed by atoms with Crippen molar-refractivity contribution in [3.8, 4) is 17.6 Å². The molecule has 0 bridgehead atoms. The number of nitrogens with zero attached hydrogens (tertiary/aromatic N) is 1. The number of hydrogen-bond acceptors (Lipinski definition) is 2. The minimum atomic E-state index is -0.709. The third kappa shape index (κ3) is 3.11. The number of benzene rings is 2. The van der Waals surface area contributed by atoms with Gasteiger partial charge in [0.15, 0.2) is 11.6 Å². The molecule has 0 N–H and O–H groups in total. The molecule has 0 amide bonds. The van der Waals surface area contributed by atoms with Gasteiger partial charge in [-0.3, -0.25) is 0 Å². The Hall–Kier alpha value is -1.45. The van der Waals surface area contributed by atoms with Crippen LogP contribution in [0.5, 0.6) is 11.5 Å². The first-order valence-corrected chi connectivity index (χ1v) is 6.62. The number of nitriles is 1. The van der Waals surface area contributed by atoms with Crippen LogP contribution in [0.3, 0.4) is 0 Å². The maximum atomic E-state index is 13.9. The molecule has 0 unspecified atom stereocenters. The molecule has 6 heteroatoms. The Balaban J connectivity index is 2.39. The molecular weight excluding hydrogens is 384 g/mol. The molecule has 19 heavy (non-hydrogen) atoms. The van der Waals surface area contributed by atoms with Gasteiger partial charge in [0.05, 0.1) is 10.0 Å². The molecule has 0 radical (unpaired) electrons. The highest BCUT2D eigenvalue weighted by Crippen LogP contribution is 2.32. The zero-order valence-electron chi connectivity index (χ0n) is 9.25. The zero-order valence-corrected chi connectivity index (χ0v) is 12.4. The molecule has 0 saturated carbocycles. The topological polar surface area (TPSA) is 33.0 Å². The minimum Gasteiger partial charge on any atom is -0.454 e. The molecule has 0 heterocycles. The van der Waals surface area contributed by atoms with Crippen LogP contribution >= 0.6 is 31.9 Å². The van der Waals surface area contributed by atoms with Crippen LogP contribution in [0.1, 0.15) is 5.56 Å². The van der Waals surface area contributed by atoms with Crippen LogP contribution in [0.4, 0.5) is 8.78 Å². The van der Waals surface area contributed by atoms with Crippen molar-refractivity contribution < 1.29 is 13.5 Å². The van der Waals surface area contributed by atoms with Crippen LogP contribution in [0.15, 0.2) is 39.3 Å². The smallest absolute Gasteiger partial charge is 0.181 e. The lowest BCUT2D eigenvalue weighted by Gasteiger charge is -2.09. The Kier molecular flexibility index (Phi) is 4.17. The SMILES string of the molecule is N#Cc1ccc(Oc2cc(F)cc(Br)c2)c(F)c1Br. The van der Waals surface area contributed by atoms with Crippen molar-refractivity contribution in [3.05, 3.63) is 56.5 Å². The number of ether oxygens (including phenoxy) is 1. The van der Waals surface area contributed by atoms with Crippen molar-refractivity contribution in [1.82, 2.24) is 0 Å². The molecule has 0 aliphatic carbocycles. The molecule has 2 nitrogen and oxygen atoms in total. The Morgan fingerprint density at radius 1 is 1.11 bits per heavy atom. The van der Waals surface area contributed by atoms with Crippen molar-refractivity contribution in [3.63, 3.8) is 0 Å². The second-order valence-electron chi connectivity index (χ2n) is 3.56. The summed E-state index contributed by atoms with van der Waals surface area (Å²) in [4.78, 5) is 0. The fourth-order valence-electron chi connectivity index (χ4n) is 1.41. The summed E-state index contributed by atoms with van der Waals surface area (Å²) in [5.74, 6) is -1.15. The van der Waals surface area contributed by atoms with E-state index in [2.05, 4.69) is 31.9 Å². The highest BCUT2D eigenvalue weighted by atomic mass is 79.9. The van der Waals surface area contributed by atoms with E-state index in [0.29, 0.717) is 4.47 Å². The lowest BCUT2D eigenvalue weighted by molar-refractivity contribution is 0.436. The second-order valence-corrected chi connectivity index (χ2v) is 5.27. The summed E-state index contributed by atoms with van der Waals surface area (Å²) >= 11 is 6.09. The van der Waals surface area contributed by atoms with Crippen LogP contribution in [0, 0.1) is 23.0 Å². The Bertz CT molecular complexity index is 663. The Labute approximate surface area is 124 Å². The summed E-state index contributed by atoms with van der Waals surface area (Å²) in [5.41, 5.74) is 0.158. The summed E-state index contributed by atoms with van der Waals surface area (Å²) in [7, 11) is 0. The molecule has 96 valence electrons. The van der Waals surface area contributed by atoms with Crippen molar-refractivity contribution in [2.45, 2.75) is 0 Å². The molecule has 0 saturated heterocycles. The monoisotopic (exact) mass is 387 g/mol. The van der Waals surface area contributed by atoms with Crippen LogP contribution in [-0.4, -0.2) is 0 Å². The van der Waals surface area contributed by atoms with Crippen LogP contribution in [-0.2, 0) is 0 Å². The fourth-order valence-corrected chi connectivity index (χ4v) is 2.27. The van der Waals surface area contributed by atoms with Gasteiger partial charge in [-0.15, -0.1) is 0 Å². The highest BCUT2D eigenvalue weighted by molar-refractivity contribution is 9.10. The maximum Gasteiger partial charge on any atom is 0.181 e. The summed E-state index contributed by atoms with van der Waals surface area (Å²) in [6.07, 6.45) is 0. The van der Waals surface area contributed by atoms with Gasteiger partial charge in [-0.25, -0.2) is 8.78 Å². The Morgan fingerprint density at radius 2 is 1.84 bits per heavy atom. The first-order chi connectivity index (χ1) is 9.01. The standard InChI is InChI=1S/C13H5Br2F2NO/c14-8-3-9(16)5-10(4-8)19-11-2-1-7(6-18)12(15)13(11)17/h1-5H. The maximum absolute atomic E-state index is 13.9. The van der Waals surface area contributed by atoms with E-state index in [1.165, 1.54) is 24.3 Å². The van der Waals surface area contributed by atoms with E-state index in [4.69, 9.17) is 10.00 Å². The van der Waals surface area contributed by atoms with Gasteiger partial charge >= 0.3 is 0 Å². The molecule has 2 aromatic carbocycles. The molecule has 2 rings (SSSR count). The second kappa shape index (κ2) is 5.68. The van der Waals surface area contributed by atoms with E-state index >= 15 is 0 Å². The normalized spacial score (nSPS) is 10.1. The van der Waals surface area contributed by atoms with E-state index in [0.717, 1.165) is 6.07 Å². The summed E-state index contributed by atoms with van der Waals surface area (Å²) in [6, 6.07) is 8.47. The van der Waals surface area contributed by atoms with E-state index in [1.807, 2.05) is 6.07 Å². The van der Waals surface area contributed by atoms with E-state index in [-0.39, 0.29) is 21.5 Å². The largest absolute Gasteiger partial charge is 0.454 e. The average molecular weight is 389 g/mol. The third-order valence-corrected chi connectivity index (χ3v) is 3.46. The van der Waals surface area contributed by atoms with Crippen molar-refractivity contribution in [2.75, 3.05) is 0 Å². The van der Waals surface area contributed by atoms with Gasteiger partial charge in [0, 0.05) is 10.5 Å². The summed E-state index contributed by atoms with van der Waals surface area (Å²) in [5, 5.41) is 8.75. The average Bonchev–Trinajstić information content (AvgIpc) is 2.34. The molecule has 0 atom stereocenters. The van der Waals surface area contributed by atoms with Crippen molar-refractivity contribution in [1.29, 1.82) is 5.26 Å². The van der Waals surface area contributed by atoms with Gasteiger partial charge in [0.1, 0.15) is 17.6 Å². The van der Waals surface area contributed by atoms with E-state index < -0.39 is 11.6 Å². The third-order valence-electron chi connectivity index (χ3n) is 2.23. The molecule has 0 aliphatic heterocycles. The van der Waals surface area contributed by atoms with Gasteiger partial charge < -0.3 is 4.74 Å². The lowest BCUT2D eigenvalue weighted by atomic mass is 10.2. The molecule has 0 aromatic heterocycles. The van der Waals surface area contributed by atoms with Crippen molar-refractivity contribution >= 4 is 31.9 Å². The van der Waals surface area contributed by atoms with Gasteiger partial charge in [-0.1, -0.05) is 15.9 Å². The Morgan fingerprint density at radius 3 is 2.47 bits per heavy atom.